The zero-order valence-electron chi connectivity index (χ0n) is 19.4. The Labute approximate surface area is 185 Å². The molecule has 32 heavy (non-hydrogen) atoms. The molecule has 10 nitrogen and oxygen atoms in total. The van der Waals surface area contributed by atoms with Gasteiger partial charge < -0.3 is 19.1 Å². The number of nitrogens with one attached hydrogen (secondary N) is 1. The minimum atomic E-state index is -0.528. The van der Waals surface area contributed by atoms with Crippen LogP contribution in [0.1, 0.15) is 71.8 Å². The standard InChI is InChI=1S/C22H30N6O4/c1-21(2,3)19-25-18(32-26-19)14-12-23-28-15(11-16(29)24-17(14)28)13-7-9-27(10-8-13)20(30)31-22(4,5)6/h11-13H,7-10H2,1-6H3,(H,24,29). The lowest BCUT2D eigenvalue weighted by molar-refractivity contribution is 0.0203. The maximum Gasteiger partial charge on any atom is 0.410 e. The molecule has 3 aromatic heterocycles. The molecule has 172 valence electrons. The van der Waals surface area contributed by atoms with Crippen LogP contribution in [-0.2, 0) is 10.2 Å². The maximum atomic E-state index is 12.5. The lowest BCUT2D eigenvalue weighted by Gasteiger charge is -2.33. The minimum absolute atomic E-state index is 0.0825. The van der Waals surface area contributed by atoms with E-state index >= 15 is 0 Å². The van der Waals surface area contributed by atoms with E-state index in [0.29, 0.717) is 48.9 Å². The Bertz CT molecular complexity index is 1190. The number of piperidine rings is 1. The average molecular weight is 443 g/mol. The highest BCUT2D eigenvalue weighted by Gasteiger charge is 2.30. The van der Waals surface area contributed by atoms with E-state index in [1.54, 1.807) is 21.7 Å². The summed E-state index contributed by atoms with van der Waals surface area (Å²) >= 11 is 0. The Hall–Kier alpha value is -3.17. The van der Waals surface area contributed by atoms with Gasteiger partial charge in [0, 0.05) is 30.5 Å². The van der Waals surface area contributed by atoms with Crippen LogP contribution in [0.4, 0.5) is 4.79 Å². The number of hydrogen-bond donors (Lipinski definition) is 1. The van der Waals surface area contributed by atoms with Crippen LogP contribution in [0.15, 0.2) is 21.6 Å². The van der Waals surface area contributed by atoms with Crippen molar-refractivity contribution in [2.75, 3.05) is 13.1 Å². The van der Waals surface area contributed by atoms with Gasteiger partial charge in [-0.25, -0.2) is 9.31 Å². The first-order chi connectivity index (χ1) is 14.9. The normalized spacial score (nSPS) is 16.0. The number of fused-ring (bicyclic) bond motifs is 1. The fourth-order valence-corrected chi connectivity index (χ4v) is 3.78. The molecule has 1 saturated heterocycles. The van der Waals surface area contributed by atoms with Crippen molar-refractivity contribution in [1.82, 2.24) is 29.6 Å². The first-order valence-electron chi connectivity index (χ1n) is 10.9. The highest BCUT2D eigenvalue weighted by molar-refractivity contribution is 5.71. The predicted molar refractivity (Wildman–Crippen MR) is 118 cm³/mol. The third-order valence-electron chi connectivity index (χ3n) is 5.43. The quantitative estimate of drug-likeness (QED) is 0.645. The summed E-state index contributed by atoms with van der Waals surface area (Å²) in [4.78, 5) is 33.9. The van der Waals surface area contributed by atoms with Gasteiger partial charge in [-0.1, -0.05) is 25.9 Å². The van der Waals surface area contributed by atoms with Gasteiger partial charge in [0.05, 0.1) is 11.9 Å². The smallest absolute Gasteiger partial charge is 0.410 e. The van der Waals surface area contributed by atoms with Gasteiger partial charge in [0.2, 0.25) is 0 Å². The van der Waals surface area contributed by atoms with Gasteiger partial charge >= 0.3 is 6.09 Å². The minimum Gasteiger partial charge on any atom is -0.444 e. The van der Waals surface area contributed by atoms with Crippen LogP contribution in [0.2, 0.25) is 0 Å². The van der Waals surface area contributed by atoms with E-state index in [2.05, 4.69) is 20.2 Å². The van der Waals surface area contributed by atoms with Crippen LogP contribution in [0, 0.1) is 0 Å². The van der Waals surface area contributed by atoms with Crippen molar-refractivity contribution in [1.29, 1.82) is 0 Å². The monoisotopic (exact) mass is 442 g/mol. The molecule has 10 heteroatoms. The Morgan fingerprint density at radius 3 is 2.47 bits per heavy atom. The molecule has 0 unspecified atom stereocenters. The van der Waals surface area contributed by atoms with Crippen molar-refractivity contribution in [3.63, 3.8) is 0 Å². The Morgan fingerprint density at radius 1 is 1.19 bits per heavy atom. The summed E-state index contributed by atoms with van der Waals surface area (Å²) in [7, 11) is 0. The molecule has 0 spiro atoms. The third kappa shape index (κ3) is 4.39. The summed E-state index contributed by atoms with van der Waals surface area (Å²) in [6, 6.07) is 1.58. The molecule has 1 N–H and O–H groups in total. The van der Waals surface area contributed by atoms with Crippen molar-refractivity contribution in [3.8, 4) is 11.5 Å². The number of likely N-dealkylation sites (tertiary alicyclic amines) is 1. The summed E-state index contributed by atoms with van der Waals surface area (Å²) < 4.78 is 12.7. The molecule has 4 rings (SSSR count). The molecule has 4 heterocycles. The molecule has 1 amide bonds. The molecular weight excluding hydrogens is 412 g/mol. The van der Waals surface area contributed by atoms with Gasteiger partial charge in [-0.05, 0) is 33.6 Å². The summed E-state index contributed by atoms with van der Waals surface area (Å²) in [5.74, 6) is 0.983. The zero-order valence-corrected chi connectivity index (χ0v) is 19.4. The first kappa shape index (κ1) is 22.0. The molecule has 0 bridgehead atoms. The van der Waals surface area contributed by atoms with E-state index in [4.69, 9.17) is 9.26 Å². The second-order valence-electron chi connectivity index (χ2n) is 10.3. The van der Waals surface area contributed by atoms with Crippen LogP contribution in [0.3, 0.4) is 0 Å². The molecule has 1 aliphatic rings. The number of aromatic nitrogens is 5. The number of hydrogen-bond acceptors (Lipinski definition) is 7. The zero-order chi connectivity index (χ0) is 23.3. The molecule has 0 aromatic carbocycles. The fourth-order valence-electron chi connectivity index (χ4n) is 3.78. The number of amides is 1. The van der Waals surface area contributed by atoms with Crippen molar-refractivity contribution in [3.05, 3.63) is 34.1 Å². The van der Waals surface area contributed by atoms with E-state index in [9.17, 15) is 9.59 Å². The molecule has 0 atom stereocenters. The number of carbonyl (C=O) groups is 1. The van der Waals surface area contributed by atoms with Crippen LogP contribution >= 0.6 is 0 Å². The van der Waals surface area contributed by atoms with Gasteiger partial charge in [0.25, 0.3) is 11.4 Å². The SMILES string of the molecule is CC(C)(C)OC(=O)N1CCC(c2cc(=O)[nH]c3c(-c4nc(C(C)(C)C)no4)cnn23)CC1. The number of nitrogens with zero attached hydrogens (tertiary/aromatic N) is 5. The number of H-pyrrole nitrogens is 1. The maximum absolute atomic E-state index is 12.5. The molecule has 0 radical (unpaired) electrons. The predicted octanol–water partition coefficient (Wildman–Crippen LogP) is 3.48. The number of aromatic amines is 1. The summed E-state index contributed by atoms with van der Waals surface area (Å²) in [6.45, 7) is 12.7. The fraction of sp³-hybridized carbons (Fsp3) is 0.591. The second-order valence-corrected chi connectivity index (χ2v) is 10.3. The summed E-state index contributed by atoms with van der Waals surface area (Å²) in [5, 5.41) is 8.57. The van der Waals surface area contributed by atoms with E-state index in [0.717, 1.165) is 5.69 Å². The Morgan fingerprint density at radius 2 is 1.88 bits per heavy atom. The van der Waals surface area contributed by atoms with E-state index in [-0.39, 0.29) is 23.0 Å². The highest BCUT2D eigenvalue weighted by atomic mass is 16.6. The Kier molecular flexibility index (Phi) is 5.34. The van der Waals surface area contributed by atoms with Crippen molar-refractivity contribution >= 4 is 11.7 Å². The van der Waals surface area contributed by atoms with Gasteiger partial charge in [-0.15, -0.1) is 0 Å². The summed E-state index contributed by atoms with van der Waals surface area (Å²) in [6.07, 6.45) is 2.74. The van der Waals surface area contributed by atoms with Crippen LogP contribution in [-0.4, -0.2) is 54.4 Å². The van der Waals surface area contributed by atoms with Crippen molar-refractivity contribution in [2.24, 2.45) is 0 Å². The largest absolute Gasteiger partial charge is 0.444 e. The topological polar surface area (TPSA) is 119 Å². The molecule has 0 aliphatic carbocycles. The molecule has 1 aliphatic heterocycles. The van der Waals surface area contributed by atoms with Gasteiger partial charge in [-0.3, -0.25) is 4.79 Å². The van der Waals surface area contributed by atoms with Crippen molar-refractivity contribution < 1.29 is 14.1 Å². The number of rotatable bonds is 2. The number of ether oxygens (including phenoxy) is 1. The second kappa shape index (κ2) is 7.75. The molecule has 0 saturated carbocycles. The van der Waals surface area contributed by atoms with E-state index in [1.807, 2.05) is 41.5 Å². The molecule has 1 fully saturated rings. The van der Waals surface area contributed by atoms with E-state index in [1.165, 1.54) is 0 Å². The van der Waals surface area contributed by atoms with Crippen LogP contribution in [0.25, 0.3) is 17.1 Å². The molecular formula is C22H30N6O4. The highest BCUT2D eigenvalue weighted by Crippen LogP contribution is 2.31. The van der Waals surface area contributed by atoms with Gasteiger partial charge in [-0.2, -0.15) is 10.1 Å². The van der Waals surface area contributed by atoms with Gasteiger partial charge in [0.15, 0.2) is 5.82 Å². The average Bonchev–Trinajstić information content (AvgIpc) is 3.32. The van der Waals surface area contributed by atoms with Crippen LogP contribution in [0.5, 0.6) is 0 Å². The van der Waals surface area contributed by atoms with Crippen LogP contribution < -0.4 is 5.56 Å². The third-order valence-corrected chi connectivity index (χ3v) is 5.43. The number of carbonyl (C=O) groups excluding carboxylic acids is 1. The first-order valence-corrected chi connectivity index (χ1v) is 10.9. The summed E-state index contributed by atoms with van der Waals surface area (Å²) in [5.41, 5.74) is 0.892. The molecule has 3 aromatic rings. The lowest BCUT2D eigenvalue weighted by atomic mass is 9.93. The Balaban J connectivity index is 1.60. The van der Waals surface area contributed by atoms with Crippen molar-refractivity contribution in [2.45, 2.75) is 71.3 Å². The van der Waals surface area contributed by atoms with Gasteiger partial charge in [0.1, 0.15) is 16.8 Å². The lowest BCUT2D eigenvalue weighted by Crippen LogP contribution is -2.41. The van der Waals surface area contributed by atoms with E-state index < -0.39 is 5.60 Å².